The number of aromatic nitrogens is 1. The summed E-state index contributed by atoms with van der Waals surface area (Å²) < 4.78 is 0. The van der Waals surface area contributed by atoms with Gasteiger partial charge in [0.25, 0.3) is 0 Å². The van der Waals surface area contributed by atoms with Crippen LogP contribution in [-0.4, -0.2) is 42.6 Å². The van der Waals surface area contributed by atoms with E-state index >= 15 is 0 Å². The molecule has 1 aliphatic heterocycles. The normalized spacial score (nSPS) is 25.4. The summed E-state index contributed by atoms with van der Waals surface area (Å²) in [6.45, 7) is 8.37. The molecule has 0 spiro atoms. The molecule has 0 bridgehead atoms. The van der Waals surface area contributed by atoms with Crippen LogP contribution in [0.25, 0.3) is 10.9 Å². The third-order valence-corrected chi connectivity index (χ3v) is 6.32. The van der Waals surface area contributed by atoms with E-state index < -0.39 is 0 Å². The Morgan fingerprint density at radius 3 is 2.56 bits per heavy atom. The highest BCUT2D eigenvalue weighted by atomic mass is 15.3. The van der Waals surface area contributed by atoms with Crippen LogP contribution >= 0.6 is 0 Å². The van der Waals surface area contributed by atoms with Crippen LogP contribution in [0, 0.1) is 11.8 Å². The summed E-state index contributed by atoms with van der Waals surface area (Å²) >= 11 is 0. The maximum atomic E-state index is 4.50. The molecular formula is C22H31N3. The van der Waals surface area contributed by atoms with Crippen LogP contribution in [0.3, 0.4) is 0 Å². The molecule has 4 rings (SSSR count). The lowest BCUT2D eigenvalue weighted by atomic mass is 9.81. The van der Waals surface area contributed by atoms with Crippen molar-refractivity contribution < 1.29 is 0 Å². The molecule has 3 nitrogen and oxygen atoms in total. The minimum atomic E-state index is 0.968. The van der Waals surface area contributed by atoms with Gasteiger partial charge in [-0.05, 0) is 49.1 Å². The fraction of sp³-hybridized carbons (Fsp3) is 0.591. The smallest absolute Gasteiger partial charge is 0.0722 e. The number of hydrogen-bond donors (Lipinski definition) is 0. The first-order chi connectivity index (χ1) is 12.3. The minimum Gasteiger partial charge on any atom is -0.368 e. The minimum absolute atomic E-state index is 0.968. The lowest BCUT2D eigenvalue weighted by Gasteiger charge is -2.37. The summed E-state index contributed by atoms with van der Waals surface area (Å²) in [6, 6.07) is 10.8. The third-order valence-electron chi connectivity index (χ3n) is 6.32. The molecule has 0 atom stereocenters. The van der Waals surface area contributed by atoms with E-state index in [2.05, 4.69) is 46.0 Å². The predicted octanol–water partition coefficient (Wildman–Crippen LogP) is 4.57. The van der Waals surface area contributed by atoms with Crippen molar-refractivity contribution in [1.29, 1.82) is 0 Å². The van der Waals surface area contributed by atoms with Gasteiger partial charge in [-0.3, -0.25) is 9.88 Å². The van der Waals surface area contributed by atoms with Crippen molar-refractivity contribution in [2.24, 2.45) is 11.8 Å². The maximum Gasteiger partial charge on any atom is 0.0722 e. The highest BCUT2D eigenvalue weighted by Crippen LogP contribution is 2.31. The van der Waals surface area contributed by atoms with E-state index in [1.807, 2.05) is 12.3 Å². The van der Waals surface area contributed by atoms with Crippen molar-refractivity contribution in [2.75, 3.05) is 37.6 Å². The van der Waals surface area contributed by atoms with Crippen LogP contribution in [0.15, 0.2) is 36.5 Å². The molecule has 3 heteroatoms. The molecule has 134 valence electrons. The van der Waals surface area contributed by atoms with Crippen LogP contribution in [0.5, 0.6) is 0 Å². The van der Waals surface area contributed by atoms with Crippen molar-refractivity contribution in [3.63, 3.8) is 0 Å². The molecule has 2 fully saturated rings. The molecule has 0 N–H and O–H groups in total. The van der Waals surface area contributed by atoms with Crippen molar-refractivity contribution >= 4 is 16.6 Å². The van der Waals surface area contributed by atoms with Gasteiger partial charge in [-0.15, -0.1) is 0 Å². The number of pyridine rings is 1. The molecule has 2 aliphatic rings. The Labute approximate surface area is 152 Å². The summed E-state index contributed by atoms with van der Waals surface area (Å²) in [5, 5.41) is 1.29. The Bertz CT molecular complexity index is 677. The Balaban J connectivity index is 1.31. The Kier molecular flexibility index (Phi) is 5.21. The second kappa shape index (κ2) is 7.74. The second-order valence-corrected chi connectivity index (χ2v) is 8.09. The van der Waals surface area contributed by atoms with Crippen molar-refractivity contribution in [3.8, 4) is 0 Å². The quantitative estimate of drug-likeness (QED) is 0.814. The molecule has 1 saturated carbocycles. The molecule has 2 aromatic rings. The fourth-order valence-corrected chi connectivity index (χ4v) is 4.56. The van der Waals surface area contributed by atoms with E-state index in [1.165, 1.54) is 62.8 Å². The fourth-order valence-electron chi connectivity index (χ4n) is 4.56. The summed E-state index contributed by atoms with van der Waals surface area (Å²) in [6.07, 6.45) is 9.12. The van der Waals surface area contributed by atoms with Gasteiger partial charge in [0.2, 0.25) is 0 Å². The monoisotopic (exact) mass is 337 g/mol. The number of anilines is 1. The molecule has 1 aromatic carbocycles. The zero-order valence-corrected chi connectivity index (χ0v) is 15.5. The van der Waals surface area contributed by atoms with Crippen LogP contribution in [-0.2, 0) is 0 Å². The SMILES string of the molecule is CC1CCC(CCN2CCN(c3cccc4ncccc34)CC2)CC1. The van der Waals surface area contributed by atoms with Gasteiger partial charge in [0.1, 0.15) is 0 Å². The van der Waals surface area contributed by atoms with Gasteiger partial charge in [-0.25, -0.2) is 0 Å². The molecule has 0 unspecified atom stereocenters. The molecule has 0 radical (unpaired) electrons. The first kappa shape index (κ1) is 16.8. The number of rotatable bonds is 4. The number of hydrogen-bond acceptors (Lipinski definition) is 3. The first-order valence-corrected chi connectivity index (χ1v) is 10.1. The lowest BCUT2D eigenvalue weighted by molar-refractivity contribution is 0.208. The average Bonchev–Trinajstić information content (AvgIpc) is 2.68. The van der Waals surface area contributed by atoms with Gasteiger partial charge < -0.3 is 4.90 Å². The number of piperazine rings is 1. The third kappa shape index (κ3) is 3.98. The van der Waals surface area contributed by atoms with Crippen LogP contribution in [0.4, 0.5) is 5.69 Å². The van der Waals surface area contributed by atoms with E-state index in [4.69, 9.17) is 0 Å². The molecule has 25 heavy (non-hydrogen) atoms. The van der Waals surface area contributed by atoms with Gasteiger partial charge in [0.05, 0.1) is 5.52 Å². The number of fused-ring (bicyclic) bond motifs is 1. The molecule has 1 aliphatic carbocycles. The number of benzene rings is 1. The van der Waals surface area contributed by atoms with E-state index in [0.717, 1.165) is 30.4 Å². The first-order valence-electron chi connectivity index (χ1n) is 10.1. The van der Waals surface area contributed by atoms with Crippen LogP contribution in [0.2, 0.25) is 0 Å². The largest absolute Gasteiger partial charge is 0.368 e. The molecule has 2 heterocycles. The standard InChI is InChI=1S/C22H31N3/c1-18-7-9-19(10-8-18)11-13-24-14-16-25(17-15-24)22-6-2-5-21-20(22)4-3-12-23-21/h2-6,12,18-19H,7-11,13-17H2,1H3. The van der Waals surface area contributed by atoms with Gasteiger partial charge in [-0.2, -0.15) is 0 Å². The predicted molar refractivity (Wildman–Crippen MR) is 106 cm³/mol. The van der Waals surface area contributed by atoms with Gasteiger partial charge in [-0.1, -0.05) is 38.7 Å². The lowest BCUT2D eigenvalue weighted by Crippen LogP contribution is -2.47. The molecule has 1 saturated heterocycles. The van der Waals surface area contributed by atoms with Gasteiger partial charge in [0, 0.05) is 43.4 Å². The summed E-state index contributed by atoms with van der Waals surface area (Å²) in [5.74, 6) is 1.95. The topological polar surface area (TPSA) is 19.4 Å². The molecule has 1 aromatic heterocycles. The van der Waals surface area contributed by atoms with Gasteiger partial charge in [0.15, 0.2) is 0 Å². The van der Waals surface area contributed by atoms with E-state index in [-0.39, 0.29) is 0 Å². The summed E-state index contributed by atoms with van der Waals surface area (Å²) in [4.78, 5) is 9.72. The Hall–Kier alpha value is -1.61. The van der Waals surface area contributed by atoms with E-state index in [9.17, 15) is 0 Å². The summed E-state index contributed by atoms with van der Waals surface area (Å²) in [7, 11) is 0. The van der Waals surface area contributed by atoms with Gasteiger partial charge >= 0.3 is 0 Å². The summed E-state index contributed by atoms with van der Waals surface area (Å²) in [5.41, 5.74) is 2.46. The highest BCUT2D eigenvalue weighted by Gasteiger charge is 2.22. The van der Waals surface area contributed by atoms with Crippen molar-refractivity contribution in [2.45, 2.75) is 39.0 Å². The van der Waals surface area contributed by atoms with Crippen molar-refractivity contribution in [3.05, 3.63) is 36.5 Å². The average molecular weight is 338 g/mol. The number of nitrogens with zero attached hydrogens (tertiary/aromatic N) is 3. The highest BCUT2D eigenvalue weighted by molar-refractivity contribution is 5.91. The second-order valence-electron chi connectivity index (χ2n) is 8.09. The maximum absolute atomic E-state index is 4.50. The zero-order valence-electron chi connectivity index (χ0n) is 15.5. The Morgan fingerprint density at radius 1 is 0.960 bits per heavy atom. The van der Waals surface area contributed by atoms with Crippen LogP contribution in [0.1, 0.15) is 39.0 Å². The van der Waals surface area contributed by atoms with Crippen molar-refractivity contribution in [1.82, 2.24) is 9.88 Å². The zero-order chi connectivity index (χ0) is 17.1. The Morgan fingerprint density at radius 2 is 1.76 bits per heavy atom. The van der Waals surface area contributed by atoms with Crippen LogP contribution < -0.4 is 4.90 Å². The molecular weight excluding hydrogens is 306 g/mol. The van der Waals surface area contributed by atoms with E-state index in [0.29, 0.717) is 0 Å². The van der Waals surface area contributed by atoms with E-state index in [1.54, 1.807) is 0 Å². The molecule has 0 amide bonds.